The van der Waals surface area contributed by atoms with E-state index in [1.807, 2.05) is 42.8 Å². The predicted molar refractivity (Wildman–Crippen MR) is 78.2 cm³/mol. The summed E-state index contributed by atoms with van der Waals surface area (Å²) in [7, 11) is 0. The molecule has 0 amide bonds. The third-order valence-electron chi connectivity index (χ3n) is 2.91. The predicted octanol–water partition coefficient (Wildman–Crippen LogP) is 2.51. The Hall–Kier alpha value is -1.76. The number of nitrogens with zero attached hydrogens (tertiary/aromatic N) is 2. The highest BCUT2D eigenvalue weighted by Crippen LogP contribution is 2.19. The second kappa shape index (κ2) is 5.92. The minimum atomic E-state index is 0.381. The lowest BCUT2D eigenvalue weighted by Gasteiger charge is -2.04. The van der Waals surface area contributed by atoms with Gasteiger partial charge in [0.15, 0.2) is 0 Å². The molecule has 1 heterocycles. The Labute approximate surface area is 118 Å². The maximum Gasteiger partial charge on any atom is 0.0844 e. The molecule has 2 aromatic rings. The molecule has 0 saturated heterocycles. The zero-order valence-electron chi connectivity index (χ0n) is 11.1. The number of rotatable bonds is 2. The Balaban J connectivity index is 2.17. The van der Waals surface area contributed by atoms with Gasteiger partial charge in [-0.2, -0.15) is 5.10 Å². The van der Waals surface area contributed by atoms with E-state index in [-0.39, 0.29) is 0 Å². The van der Waals surface area contributed by atoms with Crippen LogP contribution in [0.3, 0.4) is 0 Å². The van der Waals surface area contributed by atoms with Crippen LogP contribution in [0.4, 0.5) is 0 Å². The fraction of sp³-hybridized carbons (Fsp3) is 0.267. The maximum absolute atomic E-state index is 6.13. The highest BCUT2D eigenvalue weighted by atomic mass is 35.5. The van der Waals surface area contributed by atoms with Crippen molar-refractivity contribution in [1.82, 2.24) is 9.78 Å². The van der Waals surface area contributed by atoms with Crippen molar-refractivity contribution >= 4 is 11.6 Å². The number of hydrogen-bond acceptors (Lipinski definition) is 2. The summed E-state index contributed by atoms with van der Waals surface area (Å²) in [6, 6.07) is 8.08. The van der Waals surface area contributed by atoms with E-state index >= 15 is 0 Å². The number of aromatic nitrogens is 2. The molecule has 1 aromatic carbocycles. The molecule has 1 aromatic heterocycles. The normalized spacial score (nSPS) is 10.1. The molecule has 0 saturated carbocycles. The van der Waals surface area contributed by atoms with Crippen LogP contribution in [-0.2, 0) is 6.54 Å². The van der Waals surface area contributed by atoms with Crippen LogP contribution in [0.2, 0.25) is 5.02 Å². The molecule has 0 aliphatic heterocycles. The molecule has 3 nitrogen and oxygen atoms in total. The topological polar surface area (TPSA) is 43.8 Å². The van der Waals surface area contributed by atoms with Gasteiger partial charge in [0.2, 0.25) is 0 Å². The third-order valence-corrected chi connectivity index (χ3v) is 3.46. The molecule has 0 spiro atoms. The summed E-state index contributed by atoms with van der Waals surface area (Å²) in [5.41, 5.74) is 9.34. The molecule has 0 aliphatic carbocycles. The van der Waals surface area contributed by atoms with Crippen molar-refractivity contribution < 1.29 is 0 Å². The summed E-state index contributed by atoms with van der Waals surface area (Å²) in [5.74, 6) is 5.84. The van der Waals surface area contributed by atoms with E-state index in [1.165, 1.54) is 5.56 Å². The SMILES string of the molecule is Cc1nn(Cc2ccc(C#CCN)cc2)c(C)c1Cl. The first kappa shape index (κ1) is 13.7. The number of nitrogens with two attached hydrogens (primary N) is 1. The quantitative estimate of drug-likeness (QED) is 0.855. The second-order valence-corrected chi connectivity index (χ2v) is 4.72. The Kier molecular flexibility index (Phi) is 4.26. The lowest BCUT2D eigenvalue weighted by Crippen LogP contribution is -2.03. The van der Waals surface area contributed by atoms with Gasteiger partial charge in [-0.15, -0.1) is 0 Å². The second-order valence-electron chi connectivity index (χ2n) is 4.35. The van der Waals surface area contributed by atoms with Crippen LogP contribution in [0.15, 0.2) is 24.3 Å². The first-order valence-corrected chi connectivity index (χ1v) is 6.47. The van der Waals surface area contributed by atoms with Gasteiger partial charge < -0.3 is 5.73 Å². The van der Waals surface area contributed by atoms with Gasteiger partial charge >= 0.3 is 0 Å². The molecule has 2 N–H and O–H groups in total. The van der Waals surface area contributed by atoms with Crippen LogP contribution in [0.5, 0.6) is 0 Å². The van der Waals surface area contributed by atoms with Crippen molar-refractivity contribution in [2.75, 3.05) is 6.54 Å². The molecule has 0 radical (unpaired) electrons. The summed E-state index contributed by atoms with van der Waals surface area (Å²) >= 11 is 6.13. The van der Waals surface area contributed by atoms with Crippen LogP contribution in [0, 0.1) is 25.7 Å². The molecule has 4 heteroatoms. The van der Waals surface area contributed by atoms with Crippen LogP contribution < -0.4 is 5.73 Å². The molecule has 19 heavy (non-hydrogen) atoms. The van der Waals surface area contributed by atoms with E-state index in [0.29, 0.717) is 13.1 Å². The number of halogens is 1. The van der Waals surface area contributed by atoms with Crippen molar-refractivity contribution in [1.29, 1.82) is 0 Å². The first-order valence-electron chi connectivity index (χ1n) is 6.09. The average molecular weight is 274 g/mol. The third kappa shape index (κ3) is 3.17. The molecule has 0 fully saturated rings. The zero-order chi connectivity index (χ0) is 13.8. The minimum Gasteiger partial charge on any atom is -0.320 e. The van der Waals surface area contributed by atoms with Crippen molar-refractivity contribution in [2.45, 2.75) is 20.4 Å². The van der Waals surface area contributed by atoms with Crippen molar-refractivity contribution in [3.05, 3.63) is 51.8 Å². The van der Waals surface area contributed by atoms with Crippen molar-refractivity contribution in [3.8, 4) is 11.8 Å². The van der Waals surface area contributed by atoms with Crippen molar-refractivity contribution in [3.63, 3.8) is 0 Å². The van der Waals surface area contributed by atoms with Gasteiger partial charge in [0.1, 0.15) is 0 Å². The molecular weight excluding hydrogens is 258 g/mol. The van der Waals surface area contributed by atoms with E-state index in [1.54, 1.807) is 0 Å². The van der Waals surface area contributed by atoms with Gasteiger partial charge in [0, 0.05) is 5.56 Å². The lowest BCUT2D eigenvalue weighted by molar-refractivity contribution is 0.659. The number of benzene rings is 1. The molecule has 0 bridgehead atoms. The Morgan fingerprint density at radius 3 is 2.47 bits per heavy atom. The summed E-state index contributed by atoms with van der Waals surface area (Å²) in [4.78, 5) is 0. The van der Waals surface area contributed by atoms with E-state index < -0.39 is 0 Å². The summed E-state index contributed by atoms with van der Waals surface area (Å²) in [6.45, 7) is 4.98. The first-order chi connectivity index (χ1) is 9.11. The Morgan fingerprint density at radius 2 is 1.95 bits per heavy atom. The van der Waals surface area contributed by atoms with Gasteiger partial charge in [0.05, 0.1) is 29.5 Å². The van der Waals surface area contributed by atoms with Crippen LogP contribution in [0.25, 0.3) is 0 Å². The van der Waals surface area contributed by atoms with Crippen molar-refractivity contribution in [2.24, 2.45) is 5.73 Å². The molecule has 0 atom stereocenters. The van der Waals surface area contributed by atoms with Gasteiger partial charge in [-0.3, -0.25) is 4.68 Å². The fourth-order valence-electron chi connectivity index (χ4n) is 1.85. The number of aryl methyl sites for hydroxylation is 1. The van der Waals surface area contributed by atoms with Crippen LogP contribution >= 0.6 is 11.6 Å². The zero-order valence-corrected chi connectivity index (χ0v) is 11.8. The summed E-state index contributed by atoms with van der Waals surface area (Å²) < 4.78 is 1.91. The summed E-state index contributed by atoms with van der Waals surface area (Å²) in [6.07, 6.45) is 0. The van der Waals surface area contributed by atoms with E-state index in [2.05, 4.69) is 16.9 Å². The molecule has 98 valence electrons. The van der Waals surface area contributed by atoms with E-state index in [9.17, 15) is 0 Å². The van der Waals surface area contributed by atoms with Crippen LogP contribution in [0.1, 0.15) is 22.5 Å². The largest absolute Gasteiger partial charge is 0.320 e. The summed E-state index contributed by atoms with van der Waals surface area (Å²) in [5, 5.41) is 5.16. The fourth-order valence-corrected chi connectivity index (χ4v) is 1.98. The lowest BCUT2D eigenvalue weighted by atomic mass is 10.1. The average Bonchev–Trinajstić information content (AvgIpc) is 2.66. The molecular formula is C15H16ClN3. The smallest absolute Gasteiger partial charge is 0.0844 e. The monoisotopic (exact) mass is 273 g/mol. The van der Waals surface area contributed by atoms with Gasteiger partial charge in [-0.1, -0.05) is 35.6 Å². The maximum atomic E-state index is 6.13. The molecule has 2 rings (SSSR count). The standard InChI is InChI=1S/C15H16ClN3/c1-11-15(16)12(2)19(18-11)10-14-7-5-13(6-8-14)4-3-9-17/h5-8H,9-10,17H2,1-2H3. The van der Waals surface area contributed by atoms with Crippen LogP contribution in [-0.4, -0.2) is 16.3 Å². The number of hydrogen-bond donors (Lipinski definition) is 1. The molecule has 0 aliphatic rings. The van der Waals surface area contributed by atoms with Gasteiger partial charge in [-0.05, 0) is 31.5 Å². The molecule has 0 unspecified atom stereocenters. The van der Waals surface area contributed by atoms with Gasteiger partial charge in [0.25, 0.3) is 0 Å². The van der Waals surface area contributed by atoms with E-state index in [4.69, 9.17) is 17.3 Å². The Morgan fingerprint density at radius 1 is 1.26 bits per heavy atom. The highest BCUT2D eigenvalue weighted by Gasteiger charge is 2.08. The van der Waals surface area contributed by atoms with E-state index in [0.717, 1.165) is 22.0 Å². The van der Waals surface area contributed by atoms with Gasteiger partial charge in [-0.25, -0.2) is 0 Å². The highest BCUT2D eigenvalue weighted by molar-refractivity contribution is 6.31. The minimum absolute atomic E-state index is 0.381. The Bertz CT molecular complexity index is 630.